The van der Waals surface area contributed by atoms with Gasteiger partial charge in [0.15, 0.2) is 5.60 Å². The summed E-state index contributed by atoms with van der Waals surface area (Å²) in [5.41, 5.74) is -0.187. The average Bonchev–Trinajstić information content (AvgIpc) is 2.36. The molecule has 0 spiro atoms. The van der Waals surface area contributed by atoms with Crippen LogP contribution in [-0.2, 0) is 5.60 Å². The maximum atomic E-state index is 9.44. The Kier molecular flexibility index (Phi) is 1.67. The van der Waals surface area contributed by atoms with Crippen molar-refractivity contribution in [3.05, 3.63) is 17.5 Å². The molecule has 0 amide bonds. The Morgan fingerprint density at radius 1 is 1.82 bits per heavy atom. The van der Waals surface area contributed by atoms with Gasteiger partial charge in [0, 0.05) is 11.3 Å². The van der Waals surface area contributed by atoms with E-state index in [9.17, 15) is 5.11 Å². The molecule has 0 saturated carbocycles. The number of aliphatic hydroxyl groups is 1. The number of aryl methyl sites for hydroxylation is 1. The standard InChI is InChI=1S/C7H9N3O/c1-5-6(3-9-10-5)7(2,11)4-8/h3,11H,1-2H3,(H,9,10). The van der Waals surface area contributed by atoms with Crippen molar-refractivity contribution in [2.24, 2.45) is 0 Å². The summed E-state index contributed by atoms with van der Waals surface area (Å²) in [4.78, 5) is 0. The average molecular weight is 151 g/mol. The first-order valence-corrected chi connectivity index (χ1v) is 3.22. The summed E-state index contributed by atoms with van der Waals surface area (Å²) >= 11 is 0. The summed E-state index contributed by atoms with van der Waals surface area (Å²) < 4.78 is 0. The van der Waals surface area contributed by atoms with Crippen LogP contribution >= 0.6 is 0 Å². The van der Waals surface area contributed by atoms with Gasteiger partial charge in [-0.05, 0) is 13.8 Å². The molecule has 0 saturated heterocycles. The molecule has 1 rings (SSSR count). The molecule has 11 heavy (non-hydrogen) atoms. The van der Waals surface area contributed by atoms with Crippen molar-refractivity contribution in [1.29, 1.82) is 5.26 Å². The molecule has 4 nitrogen and oxygen atoms in total. The molecule has 0 radical (unpaired) electrons. The fourth-order valence-corrected chi connectivity index (χ4v) is 0.902. The Labute approximate surface area is 64.5 Å². The van der Waals surface area contributed by atoms with Crippen LogP contribution in [0.4, 0.5) is 0 Å². The maximum absolute atomic E-state index is 9.44. The Balaban J connectivity index is 3.13. The van der Waals surface area contributed by atoms with E-state index in [4.69, 9.17) is 5.26 Å². The zero-order valence-electron chi connectivity index (χ0n) is 6.42. The van der Waals surface area contributed by atoms with Crippen molar-refractivity contribution >= 4 is 0 Å². The Hall–Kier alpha value is -1.34. The molecule has 0 aromatic carbocycles. The maximum Gasteiger partial charge on any atom is 0.177 e. The predicted octanol–water partition coefficient (Wildman–Crippen LogP) is 0.449. The Morgan fingerprint density at radius 2 is 2.45 bits per heavy atom. The van der Waals surface area contributed by atoms with Gasteiger partial charge in [0.05, 0.1) is 6.20 Å². The number of hydrogen-bond acceptors (Lipinski definition) is 3. The van der Waals surface area contributed by atoms with Crippen LogP contribution in [0.5, 0.6) is 0 Å². The summed E-state index contributed by atoms with van der Waals surface area (Å²) in [5.74, 6) is 0. The minimum Gasteiger partial charge on any atom is -0.372 e. The SMILES string of the molecule is Cc1[nH]ncc1C(C)(O)C#N. The van der Waals surface area contributed by atoms with Gasteiger partial charge in [-0.2, -0.15) is 10.4 Å². The van der Waals surface area contributed by atoms with Crippen molar-refractivity contribution in [2.45, 2.75) is 19.4 Å². The fraction of sp³-hybridized carbons (Fsp3) is 0.429. The van der Waals surface area contributed by atoms with Crippen LogP contribution in [0.1, 0.15) is 18.2 Å². The number of nitriles is 1. The minimum absolute atomic E-state index is 0.528. The monoisotopic (exact) mass is 151 g/mol. The van der Waals surface area contributed by atoms with Crippen LogP contribution in [0.2, 0.25) is 0 Å². The quantitative estimate of drug-likeness (QED) is 0.572. The van der Waals surface area contributed by atoms with Crippen molar-refractivity contribution in [3.8, 4) is 6.07 Å². The number of aromatic nitrogens is 2. The molecule has 1 aromatic heterocycles. The second-order valence-corrected chi connectivity index (χ2v) is 2.59. The van der Waals surface area contributed by atoms with Crippen molar-refractivity contribution in [2.75, 3.05) is 0 Å². The van der Waals surface area contributed by atoms with Crippen LogP contribution in [0.15, 0.2) is 6.20 Å². The summed E-state index contributed by atoms with van der Waals surface area (Å²) in [7, 11) is 0. The zero-order valence-corrected chi connectivity index (χ0v) is 6.42. The summed E-state index contributed by atoms with van der Waals surface area (Å²) in [6.45, 7) is 3.19. The van der Waals surface area contributed by atoms with Crippen LogP contribution in [0.3, 0.4) is 0 Å². The van der Waals surface area contributed by atoms with Crippen LogP contribution in [0.25, 0.3) is 0 Å². The van der Waals surface area contributed by atoms with Gasteiger partial charge in [-0.25, -0.2) is 0 Å². The largest absolute Gasteiger partial charge is 0.372 e. The number of H-pyrrole nitrogens is 1. The molecule has 2 N–H and O–H groups in total. The van der Waals surface area contributed by atoms with E-state index in [1.165, 1.54) is 13.1 Å². The van der Waals surface area contributed by atoms with Gasteiger partial charge in [-0.15, -0.1) is 0 Å². The van der Waals surface area contributed by atoms with E-state index in [1.807, 2.05) is 0 Å². The van der Waals surface area contributed by atoms with Gasteiger partial charge in [-0.3, -0.25) is 5.10 Å². The minimum atomic E-state index is -1.43. The normalized spacial score (nSPS) is 15.5. The molecule has 0 aliphatic carbocycles. The smallest absolute Gasteiger partial charge is 0.177 e. The number of hydrogen-bond donors (Lipinski definition) is 2. The van der Waals surface area contributed by atoms with Crippen molar-refractivity contribution < 1.29 is 5.11 Å². The van der Waals surface area contributed by atoms with E-state index in [-0.39, 0.29) is 0 Å². The van der Waals surface area contributed by atoms with E-state index in [0.717, 1.165) is 5.69 Å². The lowest BCUT2D eigenvalue weighted by atomic mass is 9.99. The summed E-state index contributed by atoms with van der Waals surface area (Å²) in [6, 6.07) is 1.78. The molecule has 1 atom stereocenters. The summed E-state index contributed by atoms with van der Waals surface area (Å²) in [5, 5.41) is 24.3. The highest BCUT2D eigenvalue weighted by molar-refractivity contribution is 5.27. The molecule has 0 bridgehead atoms. The lowest BCUT2D eigenvalue weighted by molar-refractivity contribution is 0.119. The van der Waals surface area contributed by atoms with Crippen LogP contribution < -0.4 is 0 Å². The van der Waals surface area contributed by atoms with Crippen LogP contribution in [-0.4, -0.2) is 15.3 Å². The van der Waals surface area contributed by atoms with Gasteiger partial charge in [0.25, 0.3) is 0 Å². The van der Waals surface area contributed by atoms with Gasteiger partial charge < -0.3 is 5.11 Å². The van der Waals surface area contributed by atoms with E-state index >= 15 is 0 Å². The van der Waals surface area contributed by atoms with E-state index in [0.29, 0.717) is 5.56 Å². The van der Waals surface area contributed by atoms with E-state index in [1.54, 1.807) is 13.0 Å². The zero-order chi connectivity index (χ0) is 8.48. The van der Waals surface area contributed by atoms with Crippen molar-refractivity contribution in [1.82, 2.24) is 10.2 Å². The molecule has 1 aromatic rings. The number of nitrogens with one attached hydrogen (secondary N) is 1. The Bertz CT molecular complexity index is 295. The number of rotatable bonds is 1. The molecule has 0 aliphatic heterocycles. The molecule has 0 aliphatic rings. The third kappa shape index (κ3) is 1.23. The number of nitrogens with zero attached hydrogens (tertiary/aromatic N) is 2. The molecular formula is C7H9N3O. The highest BCUT2D eigenvalue weighted by Crippen LogP contribution is 2.20. The third-order valence-electron chi connectivity index (χ3n) is 1.57. The first-order chi connectivity index (χ1) is 5.08. The Morgan fingerprint density at radius 3 is 2.82 bits per heavy atom. The van der Waals surface area contributed by atoms with Crippen molar-refractivity contribution in [3.63, 3.8) is 0 Å². The summed E-state index contributed by atoms with van der Waals surface area (Å²) in [6.07, 6.45) is 1.46. The second-order valence-electron chi connectivity index (χ2n) is 2.59. The topological polar surface area (TPSA) is 72.7 Å². The fourth-order valence-electron chi connectivity index (χ4n) is 0.902. The molecular weight excluding hydrogens is 142 g/mol. The molecule has 0 fully saturated rings. The van der Waals surface area contributed by atoms with Gasteiger partial charge in [0.2, 0.25) is 0 Å². The first-order valence-electron chi connectivity index (χ1n) is 3.22. The van der Waals surface area contributed by atoms with E-state index in [2.05, 4.69) is 10.2 Å². The van der Waals surface area contributed by atoms with Crippen LogP contribution in [0, 0.1) is 18.3 Å². The predicted molar refractivity (Wildman–Crippen MR) is 38.5 cm³/mol. The molecule has 1 unspecified atom stereocenters. The third-order valence-corrected chi connectivity index (χ3v) is 1.57. The van der Waals surface area contributed by atoms with Gasteiger partial charge >= 0.3 is 0 Å². The molecule has 1 heterocycles. The molecule has 58 valence electrons. The highest BCUT2D eigenvalue weighted by atomic mass is 16.3. The van der Waals surface area contributed by atoms with Gasteiger partial charge in [0.1, 0.15) is 6.07 Å². The first kappa shape index (κ1) is 7.76. The lowest BCUT2D eigenvalue weighted by Gasteiger charge is -2.11. The molecule has 4 heteroatoms. The van der Waals surface area contributed by atoms with Gasteiger partial charge in [-0.1, -0.05) is 0 Å². The lowest BCUT2D eigenvalue weighted by Crippen LogP contribution is -2.18. The second kappa shape index (κ2) is 2.36. The van der Waals surface area contributed by atoms with E-state index < -0.39 is 5.60 Å². The highest BCUT2D eigenvalue weighted by Gasteiger charge is 2.25. The number of aromatic amines is 1.